The van der Waals surface area contributed by atoms with Crippen molar-refractivity contribution in [3.63, 3.8) is 0 Å². The summed E-state index contributed by atoms with van der Waals surface area (Å²) >= 11 is 0. The maximum absolute atomic E-state index is 9.87. The first-order valence-electron chi connectivity index (χ1n) is 5.42. The summed E-state index contributed by atoms with van der Waals surface area (Å²) in [4.78, 5) is 0. The van der Waals surface area contributed by atoms with Crippen molar-refractivity contribution in [3.8, 4) is 5.75 Å². The molecule has 0 saturated carbocycles. The van der Waals surface area contributed by atoms with Crippen molar-refractivity contribution >= 4 is 0 Å². The molecule has 0 heterocycles. The predicted molar refractivity (Wildman–Crippen MR) is 62.5 cm³/mol. The molecule has 0 spiro atoms. The monoisotopic (exact) mass is 225 g/mol. The van der Waals surface area contributed by atoms with Crippen molar-refractivity contribution in [2.75, 3.05) is 20.2 Å². The lowest BCUT2D eigenvalue weighted by atomic mass is 10.0. The Bertz CT molecular complexity index is 317. The summed E-state index contributed by atoms with van der Waals surface area (Å²) in [7, 11) is 1.73. The topological polar surface area (TPSA) is 61.7 Å². The maximum atomic E-state index is 9.87. The molecule has 16 heavy (non-hydrogen) atoms. The SMILES string of the molecule is CCOc1cccc(C(O)C(O)CNC)c1. The summed E-state index contributed by atoms with van der Waals surface area (Å²) in [5.41, 5.74) is 0.661. The third-order valence-electron chi connectivity index (χ3n) is 2.29. The third-order valence-corrected chi connectivity index (χ3v) is 2.29. The Morgan fingerprint density at radius 3 is 2.75 bits per heavy atom. The molecule has 1 aromatic carbocycles. The van der Waals surface area contributed by atoms with Crippen molar-refractivity contribution in [2.24, 2.45) is 0 Å². The number of ether oxygens (including phenoxy) is 1. The fourth-order valence-electron chi connectivity index (χ4n) is 1.50. The zero-order valence-electron chi connectivity index (χ0n) is 9.68. The highest BCUT2D eigenvalue weighted by atomic mass is 16.5. The summed E-state index contributed by atoms with van der Waals surface area (Å²) in [5, 5.41) is 22.3. The Kier molecular flexibility index (Phi) is 5.25. The Hall–Kier alpha value is -1.10. The molecule has 0 aliphatic heterocycles. The van der Waals surface area contributed by atoms with Crippen LogP contribution in [0, 0.1) is 0 Å². The number of aliphatic hydroxyl groups is 2. The van der Waals surface area contributed by atoms with Crippen LogP contribution in [0.3, 0.4) is 0 Å². The molecule has 0 radical (unpaired) electrons. The molecule has 2 atom stereocenters. The van der Waals surface area contributed by atoms with Crippen molar-refractivity contribution in [3.05, 3.63) is 29.8 Å². The Labute approximate surface area is 95.9 Å². The van der Waals surface area contributed by atoms with E-state index in [1.165, 1.54) is 0 Å². The molecule has 4 nitrogen and oxygen atoms in total. The van der Waals surface area contributed by atoms with Gasteiger partial charge in [0.1, 0.15) is 11.9 Å². The molecule has 0 aliphatic carbocycles. The minimum absolute atomic E-state index is 0.347. The third kappa shape index (κ3) is 3.48. The van der Waals surface area contributed by atoms with Crippen molar-refractivity contribution in [2.45, 2.75) is 19.1 Å². The van der Waals surface area contributed by atoms with Gasteiger partial charge in [-0.25, -0.2) is 0 Å². The van der Waals surface area contributed by atoms with Crippen LogP contribution in [0.4, 0.5) is 0 Å². The second kappa shape index (κ2) is 6.48. The first-order valence-corrected chi connectivity index (χ1v) is 5.42. The van der Waals surface area contributed by atoms with Gasteiger partial charge in [-0.3, -0.25) is 0 Å². The van der Waals surface area contributed by atoms with Gasteiger partial charge in [0.25, 0.3) is 0 Å². The van der Waals surface area contributed by atoms with Crippen LogP contribution in [0.1, 0.15) is 18.6 Å². The van der Waals surface area contributed by atoms with E-state index in [2.05, 4.69) is 5.32 Å². The maximum Gasteiger partial charge on any atom is 0.119 e. The van der Waals surface area contributed by atoms with Gasteiger partial charge in [-0.05, 0) is 31.7 Å². The molecule has 4 heteroatoms. The van der Waals surface area contributed by atoms with Crippen molar-refractivity contribution < 1.29 is 14.9 Å². The van der Waals surface area contributed by atoms with Gasteiger partial charge in [0.15, 0.2) is 0 Å². The van der Waals surface area contributed by atoms with Crippen molar-refractivity contribution in [1.82, 2.24) is 5.32 Å². The van der Waals surface area contributed by atoms with Gasteiger partial charge in [-0.2, -0.15) is 0 Å². The zero-order chi connectivity index (χ0) is 12.0. The number of aliphatic hydroxyl groups excluding tert-OH is 2. The Morgan fingerprint density at radius 2 is 2.12 bits per heavy atom. The zero-order valence-corrected chi connectivity index (χ0v) is 9.68. The van der Waals surface area contributed by atoms with E-state index in [1.807, 2.05) is 13.0 Å². The average molecular weight is 225 g/mol. The van der Waals surface area contributed by atoms with E-state index >= 15 is 0 Å². The van der Waals surface area contributed by atoms with Crippen molar-refractivity contribution in [1.29, 1.82) is 0 Å². The van der Waals surface area contributed by atoms with Crippen LogP contribution in [0.5, 0.6) is 5.75 Å². The van der Waals surface area contributed by atoms with Crippen LogP contribution in [-0.2, 0) is 0 Å². The summed E-state index contributed by atoms with van der Waals surface area (Å²) in [6.07, 6.45) is -1.71. The first kappa shape index (κ1) is 13.0. The summed E-state index contributed by atoms with van der Waals surface area (Å²) in [6.45, 7) is 2.83. The highest BCUT2D eigenvalue weighted by molar-refractivity contribution is 5.30. The normalized spacial score (nSPS) is 14.5. The molecule has 0 saturated heterocycles. The van der Waals surface area contributed by atoms with Crippen LogP contribution < -0.4 is 10.1 Å². The molecule has 0 bridgehead atoms. The van der Waals surface area contributed by atoms with E-state index in [1.54, 1.807) is 25.2 Å². The molecule has 1 rings (SSSR count). The second-order valence-electron chi connectivity index (χ2n) is 3.58. The van der Waals surface area contributed by atoms with E-state index in [4.69, 9.17) is 4.74 Å². The number of hydrogen-bond acceptors (Lipinski definition) is 4. The lowest BCUT2D eigenvalue weighted by molar-refractivity contribution is 0.0201. The minimum Gasteiger partial charge on any atom is -0.494 e. The van der Waals surface area contributed by atoms with E-state index in [-0.39, 0.29) is 0 Å². The van der Waals surface area contributed by atoms with Crippen LogP contribution in [0.2, 0.25) is 0 Å². The number of nitrogens with one attached hydrogen (secondary N) is 1. The molecule has 2 unspecified atom stereocenters. The van der Waals surface area contributed by atoms with Gasteiger partial charge >= 0.3 is 0 Å². The highest BCUT2D eigenvalue weighted by Gasteiger charge is 2.17. The summed E-state index contributed by atoms with van der Waals surface area (Å²) in [6, 6.07) is 7.14. The summed E-state index contributed by atoms with van der Waals surface area (Å²) < 4.78 is 5.33. The van der Waals surface area contributed by atoms with Crippen LogP contribution >= 0.6 is 0 Å². The van der Waals surface area contributed by atoms with E-state index < -0.39 is 12.2 Å². The number of benzene rings is 1. The minimum atomic E-state index is -0.896. The standard InChI is InChI=1S/C12H19NO3/c1-3-16-10-6-4-5-9(7-10)12(15)11(14)8-13-2/h4-7,11-15H,3,8H2,1-2H3. The summed E-state index contributed by atoms with van der Waals surface area (Å²) in [5.74, 6) is 0.704. The van der Waals surface area contributed by atoms with Crippen LogP contribution in [0.15, 0.2) is 24.3 Å². The molecule has 0 amide bonds. The largest absolute Gasteiger partial charge is 0.494 e. The van der Waals surface area contributed by atoms with Gasteiger partial charge < -0.3 is 20.3 Å². The van der Waals surface area contributed by atoms with E-state index in [0.717, 1.165) is 0 Å². The lowest BCUT2D eigenvalue weighted by Gasteiger charge is -2.18. The number of likely N-dealkylation sites (N-methyl/N-ethyl adjacent to an activating group) is 1. The molecule has 0 aromatic heterocycles. The quantitative estimate of drug-likeness (QED) is 0.667. The Balaban J connectivity index is 2.74. The number of hydrogen-bond donors (Lipinski definition) is 3. The molecule has 3 N–H and O–H groups in total. The van der Waals surface area contributed by atoms with E-state index in [0.29, 0.717) is 24.5 Å². The van der Waals surface area contributed by atoms with Gasteiger partial charge in [0.05, 0.1) is 12.7 Å². The molecule has 0 aliphatic rings. The van der Waals surface area contributed by atoms with Gasteiger partial charge in [0.2, 0.25) is 0 Å². The predicted octanol–water partition coefficient (Wildman–Crippen LogP) is 0.699. The fourth-order valence-corrected chi connectivity index (χ4v) is 1.50. The lowest BCUT2D eigenvalue weighted by Crippen LogP contribution is -2.29. The molecule has 0 fully saturated rings. The van der Waals surface area contributed by atoms with Gasteiger partial charge in [0, 0.05) is 6.54 Å². The van der Waals surface area contributed by atoms with E-state index in [9.17, 15) is 10.2 Å². The molecule has 90 valence electrons. The molecule has 1 aromatic rings. The highest BCUT2D eigenvalue weighted by Crippen LogP contribution is 2.21. The smallest absolute Gasteiger partial charge is 0.119 e. The number of rotatable bonds is 6. The van der Waals surface area contributed by atoms with Crippen LogP contribution in [0.25, 0.3) is 0 Å². The molecular weight excluding hydrogens is 206 g/mol. The Morgan fingerprint density at radius 1 is 1.38 bits per heavy atom. The van der Waals surface area contributed by atoms with Gasteiger partial charge in [-0.15, -0.1) is 0 Å². The molecular formula is C12H19NO3. The van der Waals surface area contributed by atoms with Crippen LogP contribution in [-0.4, -0.2) is 36.5 Å². The fraction of sp³-hybridized carbons (Fsp3) is 0.500. The average Bonchev–Trinajstić information content (AvgIpc) is 2.29. The van der Waals surface area contributed by atoms with Gasteiger partial charge in [-0.1, -0.05) is 12.1 Å². The second-order valence-corrected chi connectivity index (χ2v) is 3.58. The first-order chi connectivity index (χ1) is 7.69.